The second kappa shape index (κ2) is 6.56. The molecule has 1 fully saturated rings. The molecule has 1 aromatic carbocycles. The van der Waals surface area contributed by atoms with Gasteiger partial charge in [-0.05, 0) is 64.0 Å². The van der Waals surface area contributed by atoms with Gasteiger partial charge in [-0.2, -0.15) is 0 Å². The Morgan fingerprint density at radius 3 is 2.26 bits per heavy atom. The van der Waals surface area contributed by atoms with Crippen molar-refractivity contribution in [3.05, 3.63) is 35.9 Å². The molecule has 0 amide bonds. The van der Waals surface area contributed by atoms with Gasteiger partial charge in [-0.25, -0.2) is 0 Å². The third-order valence-electron chi connectivity index (χ3n) is 4.30. The summed E-state index contributed by atoms with van der Waals surface area (Å²) in [6.45, 7) is 7.98. The van der Waals surface area contributed by atoms with Crippen molar-refractivity contribution in [2.24, 2.45) is 11.8 Å². The molecule has 1 heteroatoms. The fourth-order valence-corrected chi connectivity index (χ4v) is 3.18. The van der Waals surface area contributed by atoms with Gasteiger partial charge < -0.3 is 5.32 Å². The van der Waals surface area contributed by atoms with E-state index < -0.39 is 0 Å². The molecule has 1 aromatic rings. The fourth-order valence-electron chi connectivity index (χ4n) is 3.18. The molecule has 106 valence electrons. The van der Waals surface area contributed by atoms with E-state index in [1.807, 2.05) is 0 Å². The molecule has 0 aliphatic heterocycles. The summed E-state index contributed by atoms with van der Waals surface area (Å²) in [5.41, 5.74) is 1.75. The standard InChI is InChI=1S/C18H29N/c1-18(2,3)19-14-17-12-8-7-11-16(17)13-15-9-5-4-6-10-15/h4-6,9-10,16-17,19H,7-8,11-14H2,1-3H3. The average molecular weight is 259 g/mol. The minimum absolute atomic E-state index is 0.245. The van der Waals surface area contributed by atoms with E-state index in [2.05, 4.69) is 56.4 Å². The van der Waals surface area contributed by atoms with Crippen LogP contribution in [0.4, 0.5) is 0 Å². The fraction of sp³-hybridized carbons (Fsp3) is 0.667. The largest absolute Gasteiger partial charge is 0.312 e. The second-order valence-electron chi connectivity index (χ2n) is 7.13. The van der Waals surface area contributed by atoms with Gasteiger partial charge in [-0.1, -0.05) is 43.2 Å². The van der Waals surface area contributed by atoms with Crippen molar-refractivity contribution in [2.75, 3.05) is 6.54 Å². The van der Waals surface area contributed by atoms with Gasteiger partial charge >= 0.3 is 0 Å². The van der Waals surface area contributed by atoms with Crippen LogP contribution in [-0.4, -0.2) is 12.1 Å². The first kappa shape index (κ1) is 14.6. The Kier molecular flexibility index (Phi) is 5.04. The first-order valence-electron chi connectivity index (χ1n) is 7.83. The molecule has 0 radical (unpaired) electrons. The Hall–Kier alpha value is -0.820. The van der Waals surface area contributed by atoms with Gasteiger partial charge in [0.25, 0.3) is 0 Å². The summed E-state index contributed by atoms with van der Waals surface area (Å²) >= 11 is 0. The predicted molar refractivity (Wildman–Crippen MR) is 83.3 cm³/mol. The Balaban J connectivity index is 1.92. The summed E-state index contributed by atoms with van der Waals surface area (Å²) in [7, 11) is 0. The van der Waals surface area contributed by atoms with E-state index in [1.165, 1.54) is 44.2 Å². The van der Waals surface area contributed by atoms with Gasteiger partial charge in [0.15, 0.2) is 0 Å². The van der Waals surface area contributed by atoms with Crippen LogP contribution in [0.15, 0.2) is 30.3 Å². The van der Waals surface area contributed by atoms with Crippen LogP contribution in [0.1, 0.15) is 52.0 Å². The number of hydrogen-bond acceptors (Lipinski definition) is 1. The molecular weight excluding hydrogens is 230 g/mol. The molecule has 1 aliphatic rings. The number of nitrogens with one attached hydrogen (secondary N) is 1. The minimum Gasteiger partial charge on any atom is -0.312 e. The lowest BCUT2D eigenvalue weighted by molar-refractivity contribution is 0.213. The molecule has 19 heavy (non-hydrogen) atoms. The summed E-state index contributed by atoms with van der Waals surface area (Å²) in [6.07, 6.45) is 6.91. The van der Waals surface area contributed by atoms with Crippen molar-refractivity contribution in [3.8, 4) is 0 Å². The molecule has 2 atom stereocenters. The lowest BCUT2D eigenvalue weighted by Crippen LogP contribution is -2.41. The van der Waals surface area contributed by atoms with Crippen LogP contribution in [0.2, 0.25) is 0 Å². The second-order valence-corrected chi connectivity index (χ2v) is 7.13. The normalized spacial score (nSPS) is 24.4. The first-order valence-corrected chi connectivity index (χ1v) is 7.83. The minimum atomic E-state index is 0.245. The molecule has 0 spiro atoms. The van der Waals surface area contributed by atoms with Crippen LogP contribution in [0, 0.1) is 11.8 Å². The van der Waals surface area contributed by atoms with E-state index in [-0.39, 0.29) is 5.54 Å². The number of rotatable bonds is 4. The smallest absolute Gasteiger partial charge is 0.00966 e. The summed E-state index contributed by atoms with van der Waals surface area (Å²) < 4.78 is 0. The third kappa shape index (κ3) is 4.99. The lowest BCUT2D eigenvalue weighted by Gasteiger charge is -2.34. The highest BCUT2D eigenvalue weighted by Crippen LogP contribution is 2.32. The van der Waals surface area contributed by atoms with Gasteiger partial charge in [-0.15, -0.1) is 0 Å². The van der Waals surface area contributed by atoms with Crippen LogP contribution in [-0.2, 0) is 6.42 Å². The molecule has 0 aromatic heterocycles. The number of hydrogen-bond donors (Lipinski definition) is 1. The molecule has 1 N–H and O–H groups in total. The highest BCUT2D eigenvalue weighted by Gasteiger charge is 2.26. The molecule has 1 saturated carbocycles. The van der Waals surface area contributed by atoms with Crippen molar-refractivity contribution in [2.45, 2.75) is 58.4 Å². The molecular formula is C18H29N. The molecule has 2 unspecified atom stereocenters. The Labute approximate surface area is 118 Å². The molecule has 1 aliphatic carbocycles. The van der Waals surface area contributed by atoms with Gasteiger partial charge in [0.2, 0.25) is 0 Å². The quantitative estimate of drug-likeness (QED) is 0.844. The van der Waals surface area contributed by atoms with Crippen LogP contribution in [0.5, 0.6) is 0 Å². The molecule has 2 rings (SSSR count). The van der Waals surface area contributed by atoms with E-state index >= 15 is 0 Å². The van der Waals surface area contributed by atoms with Gasteiger partial charge in [0.05, 0.1) is 0 Å². The summed E-state index contributed by atoms with van der Waals surface area (Å²) in [5, 5.41) is 3.71. The van der Waals surface area contributed by atoms with Gasteiger partial charge in [0, 0.05) is 5.54 Å². The third-order valence-corrected chi connectivity index (χ3v) is 4.30. The molecule has 0 bridgehead atoms. The van der Waals surface area contributed by atoms with Crippen LogP contribution >= 0.6 is 0 Å². The Morgan fingerprint density at radius 2 is 1.63 bits per heavy atom. The topological polar surface area (TPSA) is 12.0 Å². The predicted octanol–water partition coefficient (Wildman–Crippen LogP) is 4.42. The van der Waals surface area contributed by atoms with Crippen LogP contribution in [0.25, 0.3) is 0 Å². The van der Waals surface area contributed by atoms with Crippen molar-refractivity contribution < 1.29 is 0 Å². The van der Waals surface area contributed by atoms with E-state index in [0.717, 1.165) is 11.8 Å². The summed E-state index contributed by atoms with van der Waals surface area (Å²) in [4.78, 5) is 0. The van der Waals surface area contributed by atoms with Crippen molar-refractivity contribution in [3.63, 3.8) is 0 Å². The maximum Gasteiger partial charge on any atom is 0.00966 e. The van der Waals surface area contributed by atoms with Crippen molar-refractivity contribution in [1.29, 1.82) is 0 Å². The molecule has 0 saturated heterocycles. The summed E-state index contributed by atoms with van der Waals surface area (Å²) in [5.74, 6) is 1.72. The Bertz CT molecular complexity index is 363. The van der Waals surface area contributed by atoms with Crippen molar-refractivity contribution >= 4 is 0 Å². The van der Waals surface area contributed by atoms with Crippen LogP contribution < -0.4 is 5.32 Å². The molecule has 1 nitrogen and oxygen atoms in total. The zero-order valence-corrected chi connectivity index (χ0v) is 12.8. The molecule has 0 heterocycles. The zero-order chi connectivity index (χ0) is 13.7. The van der Waals surface area contributed by atoms with Crippen molar-refractivity contribution in [1.82, 2.24) is 5.32 Å². The van der Waals surface area contributed by atoms with E-state index in [4.69, 9.17) is 0 Å². The maximum atomic E-state index is 3.71. The highest BCUT2D eigenvalue weighted by atomic mass is 14.9. The van der Waals surface area contributed by atoms with E-state index in [0.29, 0.717) is 0 Å². The highest BCUT2D eigenvalue weighted by molar-refractivity contribution is 5.15. The van der Waals surface area contributed by atoms with Gasteiger partial charge in [-0.3, -0.25) is 0 Å². The maximum absolute atomic E-state index is 3.71. The van der Waals surface area contributed by atoms with Crippen LogP contribution in [0.3, 0.4) is 0 Å². The SMILES string of the molecule is CC(C)(C)NCC1CCCCC1Cc1ccccc1. The van der Waals surface area contributed by atoms with E-state index in [9.17, 15) is 0 Å². The Morgan fingerprint density at radius 1 is 1.00 bits per heavy atom. The number of benzene rings is 1. The first-order chi connectivity index (χ1) is 9.04. The summed E-state index contributed by atoms with van der Waals surface area (Å²) in [6, 6.07) is 11.0. The average Bonchev–Trinajstić information content (AvgIpc) is 2.38. The van der Waals surface area contributed by atoms with E-state index in [1.54, 1.807) is 0 Å². The van der Waals surface area contributed by atoms with Gasteiger partial charge in [0.1, 0.15) is 0 Å². The lowest BCUT2D eigenvalue weighted by atomic mass is 9.76. The monoisotopic (exact) mass is 259 g/mol. The zero-order valence-electron chi connectivity index (χ0n) is 12.8.